The predicted molar refractivity (Wildman–Crippen MR) is 227 cm³/mol. The second kappa shape index (κ2) is 58.4. The molecule has 0 fully saturated rings. The van der Waals surface area contributed by atoms with E-state index in [9.17, 15) is 28.8 Å². The molecule has 0 amide bonds. The normalized spacial score (nSPS) is 9.01. The van der Waals surface area contributed by atoms with Gasteiger partial charge in [0.2, 0.25) is 0 Å². The Kier molecular flexibility index (Phi) is 74.5. The third kappa shape index (κ3) is 37.8. The van der Waals surface area contributed by atoms with Crippen molar-refractivity contribution >= 4 is 73.7 Å². The molecule has 0 aromatic heterocycles. The van der Waals surface area contributed by atoms with E-state index in [1.54, 1.807) is 30.6 Å². The fraction of sp³-hybridized carbons (Fsp3) is 0.125. The van der Waals surface area contributed by atoms with Crippen LogP contribution in [0, 0.1) is 0 Å². The number of rotatable bonds is 4. The molecule has 343 valence electrons. The van der Waals surface area contributed by atoms with Crippen LogP contribution < -0.4 is 0 Å². The summed E-state index contributed by atoms with van der Waals surface area (Å²) in [6.07, 6.45) is 10.8. The number of carbonyl (C=O) groups excluding carboxylic acids is 12. The molecule has 7 radical (unpaired) electrons. The first kappa shape index (κ1) is 88.1. The third-order valence-corrected chi connectivity index (χ3v) is 6.59. The molecule has 0 spiro atoms. The summed E-state index contributed by atoms with van der Waals surface area (Å²) in [6, 6.07) is 37.7. The first-order valence-corrected chi connectivity index (χ1v) is 17.5. The van der Waals surface area contributed by atoms with Crippen molar-refractivity contribution in [3.63, 3.8) is 0 Å². The van der Waals surface area contributed by atoms with Crippen LogP contribution in [0.4, 0.5) is 0 Å². The van der Waals surface area contributed by atoms with E-state index >= 15 is 0 Å². The van der Waals surface area contributed by atoms with E-state index in [-0.39, 0.29) is 262 Å². The minimum absolute atomic E-state index is 0. The maximum absolute atomic E-state index is 12.5. The molecule has 5 aromatic carbocycles. The summed E-state index contributed by atoms with van der Waals surface area (Å²) in [6.45, 7) is 7.92. The Bertz CT molecular complexity index is 2080. The summed E-state index contributed by atoms with van der Waals surface area (Å²) >= 11 is 0. The molecule has 0 bridgehead atoms. The number of ether oxygens (including phenoxy) is 2. The second-order valence-electron chi connectivity index (χ2n) is 10.6. The van der Waals surface area contributed by atoms with Gasteiger partial charge in [0.05, 0.1) is 28.5 Å². The van der Waals surface area contributed by atoms with Crippen LogP contribution in [0.5, 0.6) is 0 Å². The standard InChI is InChI=1S/C17H6O7.C12H10.C7H5O.6C2H3O.7Y/c18-13(7-1-3-9-11(5-7)16(21)23-14(9)19)8-2-4-10-12(6-8)17(22)24-15(10)20;1-3-7-11(8-4-1)12-9-5-2-6-10-12;8-6-7-4-2-1-3-5-7;6*1-2-3;;;;;;;/h1-6H;1-10H;1-5H;6*1H3;;;;;;;/q;;7*-1;;;;;;;. The Hall–Kier alpha value is -0.533. The van der Waals surface area contributed by atoms with E-state index in [0.29, 0.717) is 5.56 Å². The van der Waals surface area contributed by atoms with Gasteiger partial charge in [0.1, 0.15) is 0 Å². The molecule has 7 rings (SSSR count). The van der Waals surface area contributed by atoms with Crippen molar-refractivity contribution in [2.45, 2.75) is 41.5 Å². The molecule has 0 atom stereocenters. The number of cyclic esters (lactones) is 4. The molecule has 0 saturated heterocycles. The monoisotopic (exact) mass is 1460 g/mol. The number of carbonyl (C=O) groups is 5. The van der Waals surface area contributed by atoms with Gasteiger partial charge in [-0.15, -0.1) is 12.1 Å². The summed E-state index contributed by atoms with van der Waals surface area (Å²) < 4.78 is 8.94. The Balaban J connectivity index is -0.0000000978. The fourth-order valence-electron chi connectivity index (χ4n) is 4.39. The number of benzene rings is 5. The van der Waals surface area contributed by atoms with Crippen molar-refractivity contribution in [2.24, 2.45) is 0 Å². The molecule has 0 unspecified atom stereocenters. The average molecular weight is 1460 g/mol. The first-order chi connectivity index (χ1) is 29.8. The van der Waals surface area contributed by atoms with Crippen LogP contribution in [0.25, 0.3) is 11.1 Å². The van der Waals surface area contributed by atoms with Crippen LogP contribution in [-0.4, -0.2) is 73.7 Å². The van der Waals surface area contributed by atoms with Crippen molar-refractivity contribution in [2.75, 3.05) is 0 Å². The minimum atomic E-state index is -0.812. The smallest absolute Gasteiger partial charge is 0.346 e. The molecule has 0 aliphatic carbocycles. The van der Waals surface area contributed by atoms with Crippen molar-refractivity contribution in [1.82, 2.24) is 0 Å². The van der Waals surface area contributed by atoms with Gasteiger partial charge in [0, 0.05) is 240 Å². The zero-order valence-electron chi connectivity index (χ0n) is 38.4. The quantitative estimate of drug-likeness (QED) is 0.0789. The van der Waals surface area contributed by atoms with Crippen LogP contribution in [0.1, 0.15) is 104 Å². The van der Waals surface area contributed by atoms with E-state index in [1.165, 1.54) is 127 Å². The maximum atomic E-state index is 12.5. The van der Waals surface area contributed by atoms with Gasteiger partial charge in [-0.05, 0) is 35.4 Å². The van der Waals surface area contributed by atoms with Crippen LogP contribution in [0.3, 0.4) is 0 Å². The molecule has 2 aliphatic heterocycles. The fourth-order valence-corrected chi connectivity index (χ4v) is 4.39. The maximum Gasteiger partial charge on any atom is 0.346 e. The number of hydrogen-bond donors (Lipinski definition) is 0. The van der Waals surface area contributed by atoms with Crippen molar-refractivity contribution in [1.29, 1.82) is 0 Å². The summed E-state index contributed by atoms with van der Waals surface area (Å²) in [5.41, 5.74) is 3.68. The molecule has 5 aromatic rings. The SMILES string of the molecule is C[C-]=O.C[C-]=O.C[C-]=O.C[C-]=O.C[C-]=O.C[C-]=O.O=C(c1ccc2c(c1)C(=O)OC2=O)c1ccc2c(c1)C(=O)OC2=O.O=[C-]c1ccccc1.[Y].[Y].[Y].[Y].[Y].[Y].[Y].c1ccc(-c2ccccc2)cc1. The summed E-state index contributed by atoms with van der Waals surface area (Å²) in [7, 11) is 0. The number of fused-ring (bicyclic) bond motifs is 2. The van der Waals surface area contributed by atoms with E-state index in [1.807, 2.05) is 18.2 Å². The van der Waals surface area contributed by atoms with Gasteiger partial charge in [-0.2, -0.15) is 59.2 Å². The van der Waals surface area contributed by atoms with Crippen LogP contribution in [-0.2, 0) is 272 Å². The van der Waals surface area contributed by atoms with E-state index in [4.69, 9.17) is 28.8 Å². The Morgan fingerprint density at radius 2 is 0.580 bits per heavy atom. The first-order valence-electron chi connectivity index (χ1n) is 17.5. The van der Waals surface area contributed by atoms with Gasteiger partial charge in [-0.1, -0.05) is 78.9 Å². The summed E-state index contributed by atoms with van der Waals surface area (Å²) in [5, 5.41) is 0. The number of esters is 4. The van der Waals surface area contributed by atoms with E-state index in [2.05, 4.69) is 58.0 Å². The molecular weight excluding hydrogens is 1420 g/mol. The van der Waals surface area contributed by atoms with Crippen molar-refractivity contribution in [3.8, 4) is 11.1 Å². The molecular formula is C48H39O14Y7-7. The number of hydrogen-bond acceptors (Lipinski definition) is 14. The molecule has 21 heteroatoms. The molecule has 69 heavy (non-hydrogen) atoms. The third-order valence-electron chi connectivity index (χ3n) is 6.59. The molecule has 14 nitrogen and oxygen atoms in total. The Morgan fingerprint density at radius 1 is 0.348 bits per heavy atom. The second-order valence-corrected chi connectivity index (χ2v) is 10.6. The van der Waals surface area contributed by atoms with Gasteiger partial charge < -0.3 is 43.0 Å². The topological polar surface area (TPSA) is 223 Å². The largest absolute Gasteiger partial charge is 0.542 e. The van der Waals surface area contributed by atoms with Gasteiger partial charge >= 0.3 is 23.9 Å². The predicted octanol–water partition coefficient (Wildman–Crippen LogP) is 6.72. The van der Waals surface area contributed by atoms with E-state index < -0.39 is 29.7 Å². The van der Waals surface area contributed by atoms with Gasteiger partial charge in [-0.3, -0.25) is 42.5 Å². The molecule has 0 saturated carbocycles. The Morgan fingerprint density at radius 3 is 0.812 bits per heavy atom. The van der Waals surface area contributed by atoms with Gasteiger partial charge in [0.15, 0.2) is 5.78 Å². The van der Waals surface area contributed by atoms with Gasteiger partial charge in [-0.25, -0.2) is 19.2 Å². The molecule has 2 heterocycles. The Labute approximate surface area is 578 Å². The van der Waals surface area contributed by atoms with Gasteiger partial charge in [0.25, 0.3) is 0 Å². The zero-order chi connectivity index (χ0) is 47.3. The minimum Gasteiger partial charge on any atom is -0.542 e. The van der Waals surface area contributed by atoms with Crippen molar-refractivity contribution in [3.05, 3.63) is 166 Å². The van der Waals surface area contributed by atoms with Crippen LogP contribution >= 0.6 is 0 Å². The number of ketones is 1. The summed E-state index contributed by atoms with van der Waals surface area (Å²) in [5.74, 6) is -3.61. The zero-order valence-corrected chi connectivity index (χ0v) is 58.2. The summed E-state index contributed by atoms with van der Waals surface area (Å²) in [4.78, 5) is 120. The van der Waals surface area contributed by atoms with Crippen molar-refractivity contribution < 1.29 is 296 Å². The van der Waals surface area contributed by atoms with E-state index in [0.717, 1.165) is 0 Å². The van der Waals surface area contributed by atoms with Crippen LogP contribution in [0.15, 0.2) is 127 Å². The average Bonchev–Trinajstić information content (AvgIpc) is 3.74. The van der Waals surface area contributed by atoms with Crippen LogP contribution in [0.2, 0.25) is 0 Å². The molecule has 0 N–H and O–H groups in total. The molecule has 2 aliphatic rings.